The van der Waals surface area contributed by atoms with Gasteiger partial charge < -0.3 is 20.1 Å². The molecule has 0 aromatic carbocycles. The van der Waals surface area contributed by atoms with E-state index in [9.17, 15) is 24.3 Å². The van der Waals surface area contributed by atoms with Crippen LogP contribution in [0.15, 0.2) is 24.5 Å². The molecule has 114 valence electrons. The van der Waals surface area contributed by atoms with Gasteiger partial charge in [0.05, 0.1) is 18.4 Å². The van der Waals surface area contributed by atoms with E-state index in [-0.39, 0.29) is 35.1 Å². The molecule has 0 saturated carbocycles. The number of rotatable bonds is 6. The molecule has 22 heavy (non-hydrogen) atoms. The zero-order chi connectivity index (χ0) is 16.0. The minimum absolute atomic E-state index is 0. The molecule has 0 amide bonds. The number of carbonyl (C=O) groups excluding carboxylic acids is 2. The van der Waals surface area contributed by atoms with Crippen LogP contribution in [0.4, 0.5) is 0 Å². The maximum atomic E-state index is 11.5. The Bertz CT molecular complexity index is 576. The summed E-state index contributed by atoms with van der Waals surface area (Å²) in [6.07, 6.45) is 0.115. The van der Waals surface area contributed by atoms with Gasteiger partial charge in [-0.15, -0.1) is 0 Å². The molecule has 1 atom stereocenters. The van der Waals surface area contributed by atoms with E-state index in [4.69, 9.17) is 10.2 Å². The average Bonchev–Trinajstić information content (AvgIpc) is 2.38. The number of carboxylic acids is 2. The van der Waals surface area contributed by atoms with E-state index in [2.05, 4.69) is 9.72 Å². The van der Waals surface area contributed by atoms with Gasteiger partial charge in [-0.3, -0.25) is 14.6 Å². The number of esters is 2. The maximum absolute atomic E-state index is 11.5. The number of aliphatic carboxylic acids is 2. The first-order chi connectivity index (χ1) is 9.74. The van der Waals surface area contributed by atoms with Crippen molar-refractivity contribution in [3.8, 4) is 0 Å². The topological polar surface area (TPSA) is 151 Å². The Morgan fingerprint density at radius 1 is 1.18 bits per heavy atom. The van der Waals surface area contributed by atoms with Gasteiger partial charge in [0.1, 0.15) is 0 Å². The quantitative estimate of drug-likeness (QED) is 0.333. The van der Waals surface area contributed by atoms with Crippen molar-refractivity contribution in [3.63, 3.8) is 0 Å². The Labute approximate surface area is 146 Å². The fraction of sp³-hybridized carbons (Fsp3) is 0.250. The molecule has 1 rings (SSSR count). The summed E-state index contributed by atoms with van der Waals surface area (Å²) in [5.41, 5.74) is -2.90. The van der Waals surface area contributed by atoms with Crippen molar-refractivity contribution in [2.24, 2.45) is 0 Å². The van der Waals surface area contributed by atoms with Crippen LogP contribution in [-0.4, -0.2) is 79.3 Å². The van der Waals surface area contributed by atoms with Crippen LogP contribution in [0.25, 0.3) is 0 Å². The van der Waals surface area contributed by atoms with Crippen LogP contribution in [0.5, 0.6) is 0 Å². The van der Waals surface area contributed by atoms with Gasteiger partial charge in [0, 0.05) is 12.4 Å². The molecule has 0 aliphatic heterocycles. The van der Waals surface area contributed by atoms with Crippen LogP contribution < -0.4 is 0 Å². The Morgan fingerprint density at radius 2 is 1.82 bits per heavy atom. The second-order valence-electron chi connectivity index (χ2n) is 4.09. The summed E-state index contributed by atoms with van der Waals surface area (Å²) < 4.78 is 4.33. The van der Waals surface area contributed by atoms with Crippen molar-refractivity contribution >= 4 is 53.4 Å². The summed E-state index contributed by atoms with van der Waals surface area (Å²) in [4.78, 5) is 47.9. The summed E-state index contributed by atoms with van der Waals surface area (Å²) >= 11 is 0. The van der Waals surface area contributed by atoms with Crippen molar-refractivity contribution in [1.29, 1.82) is 0 Å². The van der Waals surface area contributed by atoms with Gasteiger partial charge in [-0.2, -0.15) is 0 Å². The zero-order valence-electron chi connectivity index (χ0n) is 10.6. The fourth-order valence-electron chi connectivity index (χ4n) is 1.38. The van der Waals surface area contributed by atoms with Crippen LogP contribution in [0.1, 0.15) is 23.2 Å². The van der Waals surface area contributed by atoms with E-state index in [1.54, 1.807) is 0 Å². The fourth-order valence-corrected chi connectivity index (χ4v) is 1.38. The van der Waals surface area contributed by atoms with E-state index in [1.807, 2.05) is 0 Å². The molecule has 1 heterocycles. The zero-order valence-corrected chi connectivity index (χ0v) is 10.6. The van der Waals surface area contributed by atoms with Gasteiger partial charge in [0.2, 0.25) is 0 Å². The number of aliphatic hydroxyl groups is 1. The predicted octanol–water partition coefficient (Wildman–Crippen LogP) is -1.20. The van der Waals surface area contributed by atoms with Gasteiger partial charge >= 0.3 is 53.4 Å². The molecular weight excluding hydrogens is 309 g/mol. The number of carboxylic acid groups (broad SMARTS) is 2. The SMILES string of the molecule is O=C(O)CC(O)(CC(=O)OC(=O)c1cccnc1)C(=O)O.[NaH]. The first kappa shape index (κ1) is 20.2. The van der Waals surface area contributed by atoms with Crippen LogP contribution in [-0.2, 0) is 19.1 Å². The Morgan fingerprint density at radius 3 is 2.27 bits per heavy atom. The molecule has 0 aliphatic carbocycles. The number of carbonyl (C=O) groups is 4. The number of hydrogen-bond donors (Lipinski definition) is 3. The van der Waals surface area contributed by atoms with Crippen molar-refractivity contribution < 1.29 is 39.2 Å². The second kappa shape index (κ2) is 8.59. The third-order valence-electron chi connectivity index (χ3n) is 2.38. The van der Waals surface area contributed by atoms with Gasteiger partial charge in [0.15, 0.2) is 5.60 Å². The van der Waals surface area contributed by atoms with Crippen LogP contribution in [0.2, 0.25) is 0 Å². The molecule has 0 aliphatic rings. The third-order valence-corrected chi connectivity index (χ3v) is 2.38. The second-order valence-corrected chi connectivity index (χ2v) is 4.09. The van der Waals surface area contributed by atoms with Crippen molar-refractivity contribution in [3.05, 3.63) is 30.1 Å². The molecule has 0 bridgehead atoms. The average molecular weight is 321 g/mol. The molecule has 0 saturated heterocycles. The van der Waals surface area contributed by atoms with Crippen LogP contribution >= 0.6 is 0 Å². The minimum atomic E-state index is -2.85. The number of pyridine rings is 1. The molecular formula is C12H12NNaO8. The van der Waals surface area contributed by atoms with Crippen molar-refractivity contribution in [2.75, 3.05) is 0 Å². The normalized spacial score (nSPS) is 12.4. The summed E-state index contributed by atoms with van der Waals surface area (Å²) in [5, 5.41) is 26.9. The van der Waals surface area contributed by atoms with Gasteiger partial charge in [-0.05, 0) is 12.1 Å². The molecule has 0 fully saturated rings. The summed E-state index contributed by atoms with van der Waals surface area (Å²) in [5.74, 6) is -5.98. The molecule has 9 nitrogen and oxygen atoms in total. The standard InChI is InChI=1S/C12H11NO8.Na.H/c14-8(15)4-12(20,11(18)19)5-9(16)21-10(17)7-2-1-3-13-6-7;;/h1-3,6,20H,4-5H2,(H,14,15)(H,18,19);;. The van der Waals surface area contributed by atoms with Crippen molar-refractivity contribution in [1.82, 2.24) is 4.98 Å². The van der Waals surface area contributed by atoms with E-state index >= 15 is 0 Å². The van der Waals surface area contributed by atoms with E-state index < -0.39 is 42.3 Å². The molecule has 1 aromatic rings. The monoisotopic (exact) mass is 321 g/mol. The Kier molecular flexibility index (Phi) is 7.88. The van der Waals surface area contributed by atoms with Crippen molar-refractivity contribution in [2.45, 2.75) is 18.4 Å². The van der Waals surface area contributed by atoms with Gasteiger partial charge in [0.25, 0.3) is 0 Å². The van der Waals surface area contributed by atoms with E-state index in [0.29, 0.717) is 0 Å². The molecule has 1 aromatic heterocycles. The van der Waals surface area contributed by atoms with Crippen LogP contribution in [0.3, 0.4) is 0 Å². The Balaban J connectivity index is 0.00000441. The Hall–Kier alpha value is -1.81. The summed E-state index contributed by atoms with van der Waals surface area (Å²) in [7, 11) is 0. The number of hydrogen-bond acceptors (Lipinski definition) is 7. The molecule has 0 spiro atoms. The molecule has 1 unspecified atom stereocenters. The number of aromatic nitrogens is 1. The van der Waals surface area contributed by atoms with E-state index in [0.717, 1.165) is 6.20 Å². The summed E-state index contributed by atoms with van der Waals surface area (Å²) in [6, 6.07) is 2.72. The van der Waals surface area contributed by atoms with Gasteiger partial charge in [-0.25, -0.2) is 9.59 Å². The molecule has 3 N–H and O–H groups in total. The molecule has 0 radical (unpaired) electrons. The first-order valence-electron chi connectivity index (χ1n) is 5.57. The van der Waals surface area contributed by atoms with E-state index in [1.165, 1.54) is 18.3 Å². The number of nitrogens with zero attached hydrogens (tertiary/aromatic N) is 1. The van der Waals surface area contributed by atoms with Gasteiger partial charge in [-0.1, -0.05) is 0 Å². The predicted molar refractivity (Wildman–Crippen MR) is 71.3 cm³/mol. The third kappa shape index (κ3) is 5.90. The summed E-state index contributed by atoms with van der Waals surface area (Å²) in [6.45, 7) is 0. The first-order valence-corrected chi connectivity index (χ1v) is 5.57. The number of ether oxygens (including phenoxy) is 1. The van der Waals surface area contributed by atoms with Crippen LogP contribution in [0, 0.1) is 0 Å². The molecule has 10 heteroatoms.